The molecule has 4 nitrogen and oxygen atoms in total. The number of nitrogens with two attached hydrogens (primary N) is 2. The predicted octanol–water partition coefficient (Wildman–Crippen LogP) is 2.63. The molecule has 0 aromatic heterocycles. The van der Waals surface area contributed by atoms with E-state index in [0.29, 0.717) is 17.1 Å². The van der Waals surface area contributed by atoms with Crippen molar-refractivity contribution in [2.75, 3.05) is 11.1 Å². The quantitative estimate of drug-likeness (QED) is 0.750. The van der Waals surface area contributed by atoms with E-state index in [0.717, 1.165) is 16.9 Å². The van der Waals surface area contributed by atoms with E-state index in [4.69, 9.17) is 23.1 Å². The molecule has 5 heteroatoms. The summed E-state index contributed by atoms with van der Waals surface area (Å²) in [6.45, 7) is 0.645. The van der Waals surface area contributed by atoms with E-state index in [9.17, 15) is 4.79 Å². The average molecular weight is 276 g/mol. The van der Waals surface area contributed by atoms with Crippen molar-refractivity contribution in [1.82, 2.24) is 0 Å². The third kappa shape index (κ3) is 3.39. The van der Waals surface area contributed by atoms with Gasteiger partial charge in [-0.05, 0) is 35.9 Å². The van der Waals surface area contributed by atoms with Crippen LogP contribution in [0.25, 0.3) is 0 Å². The topological polar surface area (TPSA) is 81.1 Å². The van der Waals surface area contributed by atoms with Crippen LogP contribution in [0, 0.1) is 0 Å². The first-order chi connectivity index (χ1) is 9.06. The zero-order valence-corrected chi connectivity index (χ0v) is 10.9. The summed E-state index contributed by atoms with van der Waals surface area (Å²) in [5, 5.41) is 3.55. The predicted molar refractivity (Wildman–Crippen MR) is 78.2 cm³/mol. The van der Waals surface area contributed by atoms with Gasteiger partial charge in [-0.2, -0.15) is 0 Å². The second kappa shape index (κ2) is 5.63. The Morgan fingerprint density at radius 1 is 1.16 bits per heavy atom. The summed E-state index contributed by atoms with van der Waals surface area (Å²) in [5.74, 6) is -0.532. The Morgan fingerprint density at radius 3 is 2.42 bits per heavy atom. The van der Waals surface area contributed by atoms with Crippen LogP contribution in [0.5, 0.6) is 0 Å². The highest BCUT2D eigenvalue weighted by molar-refractivity contribution is 6.34. The summed E-state index contributed by atoms with van der Waals surface area (Å²) in [6, 6.07) is 12.6. The second-order valence-electron chi connectivity index (χ2n) is 4.15. The maximum absolute atomic E-state index is 11.0. The van der Waals surface area contributed by atoms with Crippen molar-refractivity contribution in [3.05, 3.63) is 58.6 Å². The van der Waals surface area contributed by atoms with E-state index < -0.39 is 5.91 Å². The molecule has 1 amide bonds. The molecule has 0 radical (unpaired) electrons. The second-order valence-corrected chi connectivity index (χ2v) is 4.56. The number of hydrogen-bond acceptors (Lipinski definition) is 3. The number of halogens is 1. The molecular weight excluding hydrogens is 262 g/mol. The Bertz CT molecular complexity index is 596. The van der Waals surface area contributed by atoms with Gasteiger partial charge in [0.1, 0.15) is 0 Å². The summed E-state index contributed by atoms with van der Waals surface area (Å²) in [7, 11) is 0. The Morgan fingerprint density at radius 2 is 1.84 bits per heavy atom. The molecule has 5 N–H and O–H groups in total. The first-order valence-corrected chi connectivity index (χ1v) is 6.11. The largest absolute Gasteiger partial charge is 0.399 e. The van der Waals surface area contributed by atoms with Gasteiger partial charge in [0.2, 0.25) is 5.91 Å². The number of nitrogens with one attached hydrogen (secondary N) is 1. The number of primary amides is 1. The Balaban J connectivity index is 2.06. The van der Waals surface area contributed by atoms with Gasteiger partial charge in [-0.25, -0.2) is 0 Å². The number of amides is 1. The Labute approximate surface area is 116 Å². The van der Waals surface area contributed by atoms with Crippen molar-refractivity contribution in [3.8, 4) is 0 Å². The molecule has 0 aliphatic rings. The van der Waals surface area contributed by atoms with Gasteiger partial charge in [-0.15, -0.1) is 0 Å². The summed E-state index contributed by atoms with van der Waals surface area (Å²) in [5.41, 5.74) is 13.8. The monoisotopic (exact) mass is 275 g/mol. The molecule has 2 aromatic rings. The number of carbonyl (C=O) groups is 1. The van der Waals surface area contributed by atoms with Crippen LogP contribution in [-0.4, -0.2) is 5.91 Å². The molecule has 0 atom stereocenters. The maximum Gasteiger partial charge on any atom is 0.250 e. The summed E-state index contributed by atoms with van der Waals surface area (Å²) in [6.07, 6.45) is 0. The van der Waals surface area contributed by atoms with Crippen LogP contribution in [0.1, 0.15) is 15.9 Å². The van der Waals surface area contributed by atoms with Gasteiger partial charge >= 0.3 is 0 Å². The summed E-state index contributed by atoms with van der Waals surface area (Å²) >= 11 is 5.97. The number of benzene rings is 2. The van der Waals surface area contributed by atoms with Gasteiger partial charge in [-0.1, -0.05) is 23.7 Å². The molecule has 0 saturated heterocycles. The maximum atomic E-state index is 11.0. The fourth-order valence-corrected chi connectivity index (χ4v) is 1.94. The van der Waals surface area contributed by atoms with E-state index in [-0.39, 0.29) is 0 Å². The third-order valence-electron chi connectivity index (χ3n) is 2.71. The highest BCUT2D eigenvalue weighted by Gasteiger charge is 2.06. The molecule has 2 aromatic carbocycles. The molecular formula is C14H14ClN3O. The summed E-state index contributed by atoms with van der Waals surface area (Å²) in [4.78, 5) is 11.0. The van der Waals surface area contributed by atoms with Gasteiger partial charge in [0.15, 0.2) is 0 Å². The van der Waals surface area contributed by atoms with Crippen molar-refractivity contribution in [2.24, 2.45) is 5.73 Å². The number of carbonyl (C=O) groups excluding carboxylic acids is 1. The van der Waals surface area contributed by atoms with Gasteiger partial charge in [0, 0.05) is 17.9 Å². The minimum Gasteiger partial charge on any atom is -0.399 e. The normalized spacial score (nSPS) is 10.2. The fraction of sp³-hybridized carbons (Fsp3) is 0.0714. The number of rotatable bonds is 4. The van der Waals surface area contributed by atoms with Gasteiger partial charge in [0.25, 0.3) is 0 Å². The molecule has 2 rings (SSSR count). The number of nitrogen functional groups attached to an aromatic ring is 1. The van der Waals surface area contributed by atoms with Crippen molar-refractivity contribution in [2.45, 2.75) is 6.54 Å². The van der Waals surface area contributed by atoms with E-state index in [1.54, 1.807) is 18.2 Å². The minimum absolute atomic E-state index is 0.319. The molecule has 0 spiro atoms. The molecule has 0 unspecified atom stereocenters. The first kappa shape index (κ1) is 13.2. The van der Waals surface area contributed by atoms with E-state index in [1.165, 1.54) is 0 Å². The van der Waals surface area contributed by atoms with Crippen LogP contribution in [0.2, 0.25) is 5.02 Å². The van der Waals surface area contributed by atoms with Crippen LogP contribution in [0.3, 0.4) is 0 Å². The van der Waals surface area contributed by atoms with E-state index in [1.807, 2.05) is 24.3 Å². The van der Waals surface area contributed by atoms with Gasteiger partial charge in [0.05, 0.1) is 10.6 Å². The minimum atomic E-state index is -0.532. The molecule has 19 heavy (non-hydrogen) atoms. The third-order valence-corrected chi connectivity index (χ3v) is 3.02. The van der Waals surface area contributed by atoms with Crippen molar-refractivity contribution < 1.29 is 4.79 Å². The fourth-order valence-electron chi connectivity index (χ4n) is 1.66. The smallest absolute Gasteiger partial charge is 0.250 e. The lowest BCUT2D eigenvalue weighted by molar-refractivity contribution is 0.100. The first-order valence-electron chi connectivity index (χ1n) is 5.74. The molecule has 98 valence electrons. The van der Waals surface area contributed by atoms with E-state index in [2.05, 4.69) is 5.32 Å². The van der Waals surface area contributed by atoms with Crippen LogP contribution in [0.4, 0.5) is 11.4 Å². The van der Waals surface area contributed by atoms with E-state index >= 15 is 0 Å². The van der Waals surface area contributed by atoms with Crippen LogP contribution in [0.15, 0.2) is 42.5 Å². The lowest BCUT2D eigenvalue weighted by Gasteiger charge is -2.08. The molecule has 0 saturated carbocycles. The Kier molecular flexibility index (Phi) is 3.92. The average Bonchev–Trinajstić information content (AvgIpc) is 2.37. The number of hydrogen-bond donors (Lipinski definition) is 3. The molecule has 0 bridgehead atoms. The van der Waals surface area contributed by atoms with Gasteiger partial charge < -0.3 is 16.8 Å². The van der Waals surface area contributed by atoms with Crippen molar-refractivity contribution in [1.29, 1.82) is 0 Å². The van der Waals surface area contributed by atoms with Crippen LogP contribution in [-0.2, 0) is 6.54 Å². The highest BCUT2D eigenvalue weighted by Crippen LogP contribution is 2.21. The van der Waals surface area contributed by atoms with Crippen molar-refractivity contribution >= 4 is 28.9 Å². The highest BCUT2D eigenvalue weighted by atomic mass is 35.5. The standard InChI is InChI=1S/C14H14ClN3O/c15-13-7-11(5-6-12(13)14(17)19)18-8-9-1-3-10(16)4-2-9/h1-7,18H,8,16H2,(H2,17,19). The summed E-state index contributed by atoms with van der Waals surface area (Å²) < 4.78 is 0. The molecule has 0 aliphatic heterocycles. The molecule has 0 heterocycles. The number of anilines is 2. The lowest BCUT2D eigenvalue weighted by atomic mass is 10.1. The Hall–Kier alpha value is -2.20. The van der Waals surface area contributed by atoms with Crippen molar-refractivity contribution in [3.63, 3.8) is 0 Å². The molecule has 0 fully saturated rings. The zero-order valence-electron chi connectivity index (χ0n) is 10.2. The lowest BCUT2D eigenvalue weighted by Crippen LogP contribution is -2.11. The molecule has 0 aliphatic carbocycles. The van der Waals surface area contributed by atoms with Crippen LogP contribution < -0.4 is 16.8 Å². The SMILES string of the molecule is NC(=O)c1ccc(NCc2ccc(N)cc2)cc1Cl. The zero-order chi connectivity index (χ0) is 13.8. The van der Waals surface area contributed by atoms with Gasteiger partial charge in [-0.3, -0.25) is 4.79 Å². The van der Waals surface area contributed by atoms with Crippen LogP contribution >= 0.6 is 11.6 Å².